The molecule has 8 atom stereocenters. The summed E-state index contributed by atoms with van der Waals surface area (Å²) in [6.07, 6.45) is 12.4. The Hall–Kier alpha value is -0.910. The Labute approximate surface area is 187 Å². The summed E-state index contributed by atoms with van der Waals surface area (Å²) < 4.78 is 6.07. The number of carboxylic acids is 1. The van der Waals surface area contributed by atoms with Gasteiger partial charge < -0.3 is 20.1 Å². The van der Waals surface area contributed by atoms with E-state index < -0.39 is 11.6 Å². The molecule has 5 nitrogen and oxygen atoms in total. The molecule has 176 valence electrons. The third kappa shape index (κ3) is 3.69. The van der Waals surface area contributed by atoms with Gasteiger partial charge in [-0.3, -0.25) is 0 Å². The average Bonchev–Trinajstić information content (AvgIpc) is 2.99. The summed E-state index contributed by atoms with van der Waals surface area (Å²) in [5.74, 6) is 0.823. The summed E-state index contributed by atoms with van der Waals surface area (Å²) in [5.41, 5.74) is -0.230. The zero-order valence-electron chi connectivity index (χ0n) is 19.6. The van der Waals surface area contributed by atoms with Crippen LogP contribution in [0.25, 0.3) is 0 Å². The first-order valence-corrected chi connectivity index (χ1v) is 12.5. The van der Waals surface area contributed by atoms with Crippen LogP contribution in [-0.2, 0) is 9.53 Å². The van der Waals surface area contributed by atoms with Gasteiger partial charge in [-0.2, -0.15) is 0 Å². The van der Waals surface area contributed by atoms with Gasteiger partial charge in [-0.15, -0.1) is 0 Å². The number of rotatable bonds is 6. The van der Waals surface area contributed by atoms with E-state index in [1.165, 1.54) is 0 Å². The Balaban J connectivity index is 1.52. The highest BCUT2D eigenvalue weighted by molar-refractivity contribution is 5.85. The number of aliphatic hydroxyl groups is 2. The molecule has 0 radical (unpaired) electrons. The van der Waals surface area contributed by atoms with Crippen LogP contribution in [0, 0.1) is 34.5 Å². The molecule has 0 aromatic heterocycles. The van der Waals surface area contributed by atoms with Crippen molar-refractivity contribution in [2.24, 2.45) is 34.5 Å². The fourth-order valence-corrected chi connectivity index (χ4v) is 8.33. The van der Waals surface area contributed by atoms with Crippen molar-refractivity contribution in [3.8, 4) is 0 Å². The number of allylic oxidation sites excluding steroid dienone is 1. The normalized spacial score (nSPS) is 47.4. The maximum Gasteiger partial charge on any atom is 0.330 e. The maximum atomic E-state index is 12.2. The van der Waals surface area contributed by atoms with E-state index in [9.17, 15) is 15.0 Å². The molecule has 0 amide bonds. The number of ether oxygens (including phenoxy) is 1. The van der Waals surface area contributed by atoms with E-state index in [-0.39, 0.29) is 23.4 Å². The first-order chi connectivity index (χ1) is 14.7. The van der Waals surface area contributed by atoms with E-state index in [0.29, 0.717) is 42.5 Å². The molecule has 5 heteroatoms. The molecular weight excluding hydrogens is 392 g/mol. The quantitative estimate of drug-likeness (QED) is 0.421. The minimum Gasteiger partial charge on any atom is -0.478 e. The third-order valence-corrected chi connectivity index (χ3v) is 10.3. The summed E-state index contributed by atoms with van der Waals surface area (Å²) in [6.45, 7) is 7.23. The van der Waals surface area contributed by atoms with E-state index >= 15 is 0 Å². The molecule has 0 saturated heterocycles. The van der Waals surface area contributed by atoms with Crippen molar-refractivity contribution in [1.82, 2.24) is 0 Å². The standard InChI is InChI=1S/C26H42O5/c1-17(23(28)29)15-19-7-12-26(30)22-6-5-18-16-20(31-14-4-13-27)8-10-24(18,2)21(22)9-11-25(19,26)3/h15,18-22,27,30H,4-14,16H2,1-3H3,(H,28,29)/b17-15+/t18?,19-,20?,21+,22-,24+,25-,26-/m1/s1. The van der Waals surface area contributed by atoms with Crippen molar-refractivity contribution in [2.45, 2.75) is 96.7 Å². The highest BCUT2D eigenvalue weighted by Gasteiger charge is 2.66. The fourth-order valence-electron chi connectivity index (χ4n) is 8.33. The molecule has 0 aromatic rings. The van der Waals surface area contributed by atoms with Crippen molar-refractivity contribution >= 4 is 5.97 Å². The second-order valence-electron chi connectivity index (χ2n) is 11.5. The molecule has 4 rings (SSSR count). The Morgan fingerprint density at radius 2 is 1.84 bits per heavy atom. The van der Waals surface area contributed by atoms with Crippen LogP contribution in [0.5, 0.6) is 0 Å². The molecule has 4 saturated carbocycles. The van der Waals surface area contributed by atoms with Gasteiger partial charge in [0.2, 0.25) is 0 Å². The zero-order chi connectivity index (χ0) is 22.4. The topological polar surface area (TPSA) is 87.0 Å². The smallest absolute Gasteiger partial charge is 0.330 e. The number of carboxylic acid groups (broad SMARTS) is 1. The third-order valence-electron chi connectivity index (χ3n) is 10.3. The first-order valence-electron chi connectivity index (χ1n) is 12.5. The van der Waals surface area contributed by atoms with Crippen LogP contribution in [0.15, 0.2) is 11.6 Å². The monoisotopic (exact) mass is 434 g/mol. The van der Waals surface area contributed by atoms with E-state index in [1.54, 1.807) is 6.92 Å². The summed E-state index contributed by atoms with van der Waals surface area (Å²) in [6, 6.07) is 0. The van der Waals surface area contributed by atoms with Crippen molar-refractivity contribution in [3.05, 3.63) is 11.6 Å². The van der Waals surface area contributed by atoms with E-state index in [0.717, 1.165) is 57.8 Å². The van der Waals surface area contributed by atoms with E-state index in [2.05, 4.69) is 13.8 Å². The van der Waals surface area contributed by atoms with E-state index in [1.807, 2.05) is 6.08 Å². The number of aliphatic carboxylic acids is 1. The highest BCUT2D eigenvalue weighted by Crippen LogP contribution is 2.69. The van der Waals surface area contributed by atoms with Gasteiger partial charge in [-0.05, 0) is 100 Å². The maximum absolute atomic E-state index is 12.2. The van der Waals surface area contributed by atoms with Gasteiger partial charge in [-0.1, -0.05) is 19.9 Å². The predicted octanol–water partition coefficient (Wildman–Crippen LogP) is 4.56. The summed E-state index contributed by atoms with van der Waals surface area (Å²) >= 11 is 0. The largest absolute Gasteiger partial charge is 0.478 e. The summed E-state index contributed by atoms with van der Waals surface area (Å²) in [7, 11) is 0. The Morgan fingerprint density at radius 1 is 1.06 bits per heavy atom. The SMILES string of the molecule is C/C(=C\[C@H]1CC[C@@]2(O)[C@@H]3CCC4CC(OCCCO)CC[C@]4(C)[C@H]3CC[C@]12C)C(=O)O. The molecule has 0 spiro atoms. The average molecular weight is 435 g/mol. The Kier molecular flexibility index (Phi) is 6.35. The molecule has 0 aliphatic heterocycles. The van der Waals surface area contributed by atoms with Crippen LogP contribution in [0.1, 0.15) is 85.0 Å². The Morgan fingerprint density at radius 3 is 2.55 bits per heavy atom. The van der Waals surface area contributed by atoms with Crippen molar-refractivity contribution in [3.63, 3.8) is 0 Å². The lowest BCUT2D eigenvalue weighted by Crippen LogP contribution is -2.62. The lowest BCUT2D eigenvalue weighted by molar-refractivity contribution is -0.209. The van der Waals surface area contributed by atoms with Gasteiger partial charge in [0.25, 0.3) is 0 Å². The van der Waals surface area contributed by atoms with Gasteiger partial charge in [-0.25, -0.2) is 4.79 Å². The number of carbonyl (C=O) groups is 1. The van der Waals surface area contributed by atoms with Crippen LogP contribution in [0.2, 0.25) is 0 Å². The van der Waals surface area contributed by atoms with Gasteiger partial charge in [0.05, 0.1) is 11.7 Å². The first kappa shape index (κ1) is 23.3. The van der Waals surface area contributed by atoms with Gasteiger partial charge in [0.15, 0.2) is 0 Å². The zero-order valence-corrected chi connectivity index (χ0v) is 19.6. The van der Waals surface area contributed by atoms with Crippen LogP contribution in [-0.4, -0.2) is 46.2 Å². The van der Waals surface area contributed by atoms with Crippen LogP contribution in [0.3, 0.4) is 0 Å². The van der Waals surface area contributed by atoms with Crippen LogP contribution < -0.4 is 0 Å². The molecule has 0 aromatic carbocycles. The van der Waals surface area contributed by atoms with Crippen LogP contribution in [0.4, 0.5) is 0 Å². The molecule has 4 aliphatic rings. The van der Waals surface area contributed by atoms with Crippen molar-refractivity contribution < 1.29 is 24.9 Å². The van der Waals surface area contributed by atoms with Crippen molar-refractivity contribution in [1.29, 1.82) is 0 Å². The second-order valence-corrected chi connectivity index (χ2v) is 11.5. The van der Waals surface area contributed by atoms with Crippen LogP contribution >= 0.6 is 0 Å². The highest BCUT2D eigenvalue weighted by atomic mass is 16.5. The minimum atomic E-state index is -0.848. The fraction of sp³-hybridized carbons (Fsp3) is 0.885. The lowest BCUT2D eigenvalue weighted by atomic mass is 9.43. The molecule has 0 bridgehead atoms. The number of aliphatic hydroxyl groups excluding tert-OH is 1. The molecular formula is C26H42O5. The molecule has 4 aliphatic carbocycles. The molecule has 0 heterocycles. The molecule has 31 heavy (non-hydrogen) atoms. The summed E-state index contributed by atoms with van der Waals surface area (Å²) in [4.78, 5) is 11.4. The second kappa shape index (κ2) is 8.46. The number of hydrogen-bond acceptors (Lipinski definition) is 4. The molecule has 2 unspecified atom stereocenters. The number of fused-ring (bicyclic) bond motifs is 5. The molecule has 4 fully saturated rings. The predicted molar refractivity (Wildman–Crippen MR) is 120 cm³/mol. The van der Waals surface area contributed by atoms with Gasteiger partial charge in [0, 0.05) is 24.2 Å². The van der Waals surface area contributed by atoms with Gasteiger partial charge in [0.1, 0.15) is 0 Å². The summed E-state index contributed by atoms with van der Waals surface area (Å²) in [5, 5.41) is 30.6. The Bertz CT molecular complexity index is 719. The van der Waals surface area contributed by atoms with Crippen molar-refractivity contribution in [2.75, 3.05) is 13.2 Å². The van der Waals surface area contributed by atoms with E-state index in [4.69, 9.17) is 9.84 Å². The lowest BCUT2D eigenvalue weighted by Gasteiger charge is -2.63. The minimum absolute atomic E-state index is 0.149. The molecule has 3 N–H and O–H groups in total. The number of hydrogen-bond donors (Lipinski definition) is 3. The van der Waals surface area contributed by atoms with Gasteiger partial charge >= 0.3 is 5.97 Å².